The van der Waals surface area contributed by atoms with Crippen molar-refractivity contribution >= 4 is 28.9 Å². The molecule has 0 saturated heterocycles. The molecule has 0 aromatic heterocycles. The Labute approximate surface area is 149 Å². The van der Waals surface area contributed by atoms with E-state index in [0.29, 0.717) is 22.1 Å². The molecule has 1 amide bonds. The average Bonchev–Trinajstić information content (AvgIpc) is 2.60. The maximum absolute atomic E-state index is 12.9. The zero-order valence-corrected chi connectivity index (χ0v) is 14.3. The highest BCUT2D eigenvalue weighted by atomic mass is 35.5. The van der Waals surface area contributed by atoms with Crippen LogP contribution in [0.25, 0.3) is 0 Å². The van der Waals surface area contributed by atoms with Crippen LogP contribution in [0.5, 0.6) is 5.75 Å². The summed E-state index contributed by atoms with van der Waals surface area (Å²) in [4.78, 5) is 12.1. The molecule has 0 fully saturated rings. The average molecular weight is 360 g/mol. The molecule has 7 heteroatoms. The van der Waals surface area contributed by atoms with Gasteiger partial charge in [0.25, 0.3) is 5.91 Å². The van der Waals surface area contributed by atoms with Crippen LogP contribution in [0.4, 0.5) is 15.8 Å². The summed E-state index contributed by atoms with van der Waals surface area (Å²) in [7, 11) is 1.49. The van der Waals surface area contributed by atoms with Gasteiger partial charge in [0, 0.05) is 23.0 Å². The van der Waals surface area contributed by atoms with Gasteiger partial charge in [-0.05, 0) is 42.8 Å². The minimum absolute atomic E-state index is 0.154. The van der Waals surface area contributed by atoms with Gasteiger partial charge in [-0.1, -0.05) is 11.6 Å². The zero-order chi connectivity index (χ0) is 18.4. The highest BCUT2D eigenvalue weighted by molar-refractivity contribution is 6.31. The van der Waals surface area contributed by atoms with Crippen LogP contribution >= 0.6 is 11.6 Å². The van der Waals surface area contributed by atoms with E-state index in [9.17, 15) is 14.4 Å². The molecule has 2 N–H and O–H groups in total. The van der Waals surface area contributed by atoms with Gasteiger partial charge >= 0.3 is 0 Å². The first-order valence-corrected chi connectivity index (χ1v) is 7.60. The van der Waals surface area contributed by atoms with Crippen molar-refractivity contribution in [3.05, 3.63) is 64.6 Å². The van der Waals surface area contributed by atoms with Gasteiger partial charge in [-0.15, -0.1) is 0 Å². The largest absolute Gasteiger partial charge is 0.495 e. The third-order valence-corrected chi connectivity index (χ3v) is 3.73. The summed E-state index contributed by atoms with van der Waals surface area (Å²) in [6, 6.07) is 10.4. The Hall–Kier alpha value is -3.04. The summed E-state index contributed by atoms with van der Waals surface area (Å²) in [5.74, 6) is -0.560. The first-order valence-electron chi connectivity index (χ1n) is 7.22. The first kappa shape index (κ1) is 18.3. The van der Waals surface area contributed by atoms with Crippen LogP contribution in [-0.2, 0) is 4.79 Å². The summed E-state index contributed by atoms with van der Waals surface area (Å²) in [5, 5.41) is 15.1. The van der Waals surface area contributed by atoms with Gasteiger partial charge in [0.15, 0.2) is 0 Å². The van der Waals surface area contributed by atoms with E-state index < -0.39 is 11.7 Å². The monoisotopic (exact) mass is 359 g/mol. The van der Waals surface area contributed by atoms with Crippen molar-refractivity contribution in [2.75, 3.05) is 17.7 Å². The molecule has 0 spiro atoms. The Balaban J connectivity index is 2.17. The van der Waals surface area contributed by atoms with E-state index in [2.05, 4.69) is 10.6 Å². The number of anilines is 2. The molecule has 2 rings (SSSR count). The standard InChI is InChI=1S/C18H15ClFN3O2/c1-11-7-16(17(25-2)8-15(11)19)22-10-12(9-21)18(24)23-14-5-3-13(20)4-6-14/h3-8,10,22H,1-2H3,(H,23,24)/b12-10-. The number of ether oxygens (including phenoxy) is 1. The quantitative estimate of drug-likeness (QED) is 0.618. The van der Waals surface area contributed by atoms with Gasteiger partial charge in [-0.3, -0.25) is 4.79 Å². The Kier molecular flexibility index (Phi) is 5.98. The number of aryl methyl sites for hydroxylation is 1. The second-order valence-corrected chi connectivity index (χ2v) is 5.48. The Morgan fingerprint density at radius 3 is 2.60 bits per heavy atom. The van der Waals surface area contributed by atoms with E-state index in [1.807, 2.05) is 13.0 Å². The molecule has 0 atom stereocenters. The molecule has 0 unspecified atom stereocenters. The highest BCUT2D eigenvalue weighted by Gasteiger charge is 2.11. The van der Waals surface area contributed by atoms with Crippen LogP contribution < -0.4 is 15.4 Å². The normalized spacial score (nSPS) is 10.8. The SMILES string of the molecule is COc1cc(Cl)c(C)cc1N/C=C(/C#N)C(=O)Nc1ccc(F)cc1. The number of carbonyl (C=O) groups excluding carboxylic acids is 1. The van der Waals surface area contributed by atoms with Crippen molar-refractivity contribution in [2.45, 2.75) is 6.92 Å². The molecule has 0 heterocycles. The highest BCUT2D eigenvalue weighted by Crippen LogP contribution is 2.31. The number of halogens is 2. The van der Waals surface area contributed by atoms with Crippen molar-refractivity contribution < 1.29 is 13.9 Å². The molecule has 25 heavy (non-hydrogen) atoms. The maximum Gasteiger partial charge on any atom is 0.267 e. The van der Waals surface area contributed by atoms with E-state index >= 15 is 0 Å². The van der Waals surface area contributed by atoms with Crippen LogP contribution in [0.3, 0.4) is 0 Å². The minimum Gasteiger partial charge on any atom is -0.495 e. The number of methoxy groups -OCH3 is 1. The Bertz CT molecular complexity index is 858. The summed E-state index contributed by atoms with van der Waals surface area (Å²) in [6.07, 6.45) is 1.27. The molecule has 0 saturated carbocycles. The summed E-state index contributed by atoms with van der Waals surface area (Å²) >= 11 is 6.04. The van der Waals surface area contributed by atoms with E-state index in [1.165, 1.54) is 37.6 Å². The van der Waals surface area contributed by atoms with Gasteiger partial charge in [0.1, 0.15) is 23.2 Å². The Morgan fingerprint density at radius 1 is 1.32 bits per heavy atom. The van der Waals surface area contributed by atoms with E-state index in [-0.39, 0.29) is 5.57 Å². The number of nitrogens with one attached hydrogen (secondary N) is 2. The Morgan fingerprint density at radius 2 is 2.00 bits per heavy atom. The van der Waals surface area contributed by atoms with Gasteiger partial charge in [-0.25, -0.2) is 4.39 Å². The molecule has 2 aromatic carbocycles. The molecule has 0 radical (unpaired) electrons. The second-order valence-electron chi connectivity index (χ2n) is 5.08. The van der Waals surface area contributed by atoms with Crippen LogP contribution in [0.1, 0.15) is 5.56 Å². The number of nitrogens with zero attached hydrogens (tertiary/aromatic N) is 1. The minimum atomic E-state index is -0.619. The second kappa shape index (κ2) is 8.18. The summed E-state index contributed by atoms with van der Waals surface area (Å²) in [5.41, 5.74) is 1.60. The number of hydrogen-bond acceptors (Lipinski definition) is 4. The molecule has 0 aliphatic carbocycles. The molecule has 0 aliphatic heterocycles. The topological polar surface area (TPSA) is 74.1 Å². The van der Waals surface area contributed by atoms with Crippen molar-refractivity contribution in [2.24, 2.45) is 0 Å². The number of benzene rings is 2. The molecule has 128 valence electrons. The number of amides is 1. The molecule has 0 bridgehead atoms. The molecule has 5 nitrogen and oxygen atoms in total. The predicted molar refractivity (Wildman–Crippen MR) is 95.1 cm³/mol. The summed E-state index contributed by atoms with van der Waals surface area (Å²) in [6.45, 7) is 1.82. The number of nitriles is 1. The van der Waals surface area contributed by atoms with Crippen LogP contribution in [0.2, 0.25) is 5.02 Å². The predicted octanol–water partition coefficient (Wildman–Crippen LogP) is 4.25. The molecule has 0 aliphatic rings. The van der Waals surface area contributed by atoms with Crippen molar-refractivity contribution in [3.63, 3.8) is 0 Å². The van der Waals surface area contributed by atoms with Crippen LogP contribution in [0, 0.1) is 24.1 Å². The lowest BCUT2D eigenvalue weighted by Crippen LogP contribution is -2.14. The van der Waals surface area contributed by atoms with Crippen LogP contribution in [0.15, 0.2) is 48.2 Å². The smallest absolute Gasteiger partial charge is 0.267 e. The third-order valence-electron chi connectivity index (χ3n) is 3.32. The molecule has 2 aromatic rings. The van der Waals surface area contributed by atoms with E-state index in [4.69, 9.17) is 16.3 Å². The lowest BCUT2D eigenvalue weighted by Gasteiger charge is -2.11. The lowest BCUT2D eigenvalue weighted by atomic mass is 10.2. The van der Waals surface area contributed by atoms with Crippen molar-refractivity contribution in [1.29, 1.82) is 5.26 Å². The fourth-order valence-corrected chi connectivity index (χ4v) is 2.13. The van der Waals surface area contributed by atoms with Gasteiger partial charge < -0.3 is 15.4 Å². The maximum atomic E-state index is 12.9. The van der Waals surface area contributed by atoms with E-state index in [1.54, 1.807) is 12.1 Å². The fourth-order valence-electron chi connectivity index (χ4n) is 1.98. The first-order chi connectivity index (χ1) is 11.9. The van der Waals surface area contributed by atoms with Gasteiger partial charge in [0.05, 0.1) is 12.8 Å². The zero-order valence-electron chi connectivity index (χ0n) is 13.6. The van der Waals surface area contributed by atoms with Gasteiger partial charge in [-0.2, -0.15) is 5.26 Å². The van der Waals surface area contributed by atoms with Gasteiger partial charge in [0.2, 0.25) is 0 Å². The van der Waals surface area contributed by atoms with Crippen LogP contribution in [-0.4, -0.2) is 13.0 Å². The summed E-state index contributed by atoms with van der Waals surface area (Å²) < 4.78 is 18.1. The van der Waals surface area contributed by atoms with E-state index in [0.717, 1.165) is 5.56 Å². The fraction of sp³-hybridized carbons (Fsp3) is 0.111. The third kappa shape index (κ3) is 4.72. The number of rotatable bonds is 5. The molecular weight excluding hydrogens is 345 g/mol. The lowest BCUT2D eigenvalue weighted by molar-refractivity contribution is -0.112. The van der Waals surface area contributed by atoms with Crippen molar-refractivity contribution in [3.8, 4) is 11.8 Å². The van der Waals surface area contributed by atoms with Crippen molar-refractivity contribution in [1.82, 2.24) is 0 Å². The molecular formula is C18H15ClFN3O2. The number of hydrogen-bond donors (Lipinski definition) is 2. The number of carbonyl (C=O) groups is 1.